The number of carbonyl (C=O) groups is 1. The summed E-state index contributed by atoms with van der Waals surface area (Å²) in [5, 5.41) is 14.0. The third kappa shape index (κ3) is 3.53. The number of aromatic nitrogens is 4. The number of rotatable bonds is 5. The van der Waals surface area contributed by atoms with Crippen LogP contribution in [0.1, 0.15) is 32.5 Å². The van der Waals surface area contributed by atoms with Crippen LogP contribution in [0.5, 0.6) is 0 Å². The van der Waals surface area contributed by atoms with Crippen LogP contribution in [0.2, 0.25) is 0 Å². The molecule has 0 aliphatic carbocycles. The number of likely N-dealkylation sites (tertiary alicyclic amines) is 1. The van der Waals surface area contributed by atoms with Crippen molar-refractivity contribution in [1.29, 1.82) is 0 Å². The van der Waals surface area contributed by atoms with E-state index in [1.165, 1.54) is 0 Å². The Kier molecular flexibility index (Phi) is 4.69. The number of hydrogen-bond donors (Lipinski definition) is 1. The minimum absolute atomic E-state index is 0.164. The fourth-order valence-electron chi connectivity index (χ4n) is 2.79. The van der Waals surface area contributed by atoms with Crippen molar-refractivity contribution in [3.05, 3.63) is 5.82 Å². The largest absolute Gasteiger partial charge is 0.384 e. The van der Waals surface area contributed by atoms with Crippen molar-refractivity contribution in [3.8, 4) is 0 Å². The van der Waals surface area contributed by atoms with Gasteiger partial charge in [0.2, 0.25) is 5.91 Å². The Bertz CT molecular complexity index is 432. The van der Waals surface area contributed by atoms with E-state index in [9.17, 15) is 4.79 Å². The smallest absolute Gasteiger partial charge is 0.230 e. The van der Waals surface area contributed by atoms with E-state index in [-0.39, 0.29) is 5.91 Å². The number of piperidine rings is 1. The van der Waals surface area contributed by atoms with Crippen molar-refractivity contribution < 1.29 is 9.53 Å². The van der Waals surface area contributed by atoms with E-state index < -0.39 is 5.41 Å². The van der Waals surface area contributed by atoms with E-state index in [0.29, 0.717) is 12.5 Å². The Morgan fingerprint density at radius 1 is 1.55 bits per heavy atom. The normalized spacial score (nSPS) is 20.1. The molecular weight excluding hydrogens is 258 g/mol. The summed E-state index contributed by atoms with van der Waals surface area (Å²) in [4.78, 5) is 14.5. The number of nitrogens with zero attached hydrogens (tertiary/aromatic N) is 4. The van der Waals surface area contributed by atoms with E-state index in [1.54, 1.807) is 7.11 Å². The lowest BCUT2D eigenvalue weighted by Gasteiger charge is -2.37. The molecule has 1 amide bonds. The average Bonchev–Trinajstić information content (AvgIpc) is 2.91. The van der Waals surface area contributed by atoms with Gasteiger partial charge in [-0.3, -0.25) is 4.79 Å². The molecular formula is C13H23N5O2. The number of methoxy groups -OCH3 is 1. The standard InChI is InChI=1S/C13H23N5O2/c1-13(2,9-20-3)12(19)18-6-4-5-10(8-18)7-11-14-16-17-15-11/h10H,4-9H2,1-3H3,(H,14,15,16,17). The van der Waals surface area contributed by atoms with Gasteiger partial charge in [-0.15, -0.1) is 10.2 Å². The van der Waals surface area contributed by atoms with E-state index in [2.05, 4.69) is 20.6 Å². The predicted molar refractivity (Wildman–Crippen MR) is 72.8 cm³/mol. The molecule has 2 heterocycles. The van der Waals surface area contributed by atoms with Crippen molar-refractivity contribution >= 4 is 5.91 Å². The first-order chi connectivity index (χ1) is 9.53. The number of tetrazole rings is 1. The number of ether oxygens (including phenoxy) is 1. The molecule has 0 bridgehead atoms. The van der Waals surface area contributed by atoms with Gasteiger partial charge < -0.3 is 9.64 Å². The predicted octanol–water partition coefficient (Wildman–Crippen LogP) is 0.653. The number of nitrogens with one attached hydrogen (secondary N) is 1. The first-order valence-electron chi connectivity index (χ1n) is 7.03. The summed E-state index contributed by atoms with van der Waals surface area (Å²) in [5.41, 5.74) is -0.469. The van der Waals surface area contributed by atoms with Gasteiger partial charge in [0.15, 0.2) is 5.82 Å². The Labute approximate surface area is 119 Å². The summed E-state index contributed by atoms with van der Waals surface area (Å²) in [5.74, 6) is 1.29. The van der Waals surface area contributed by atoms with Gasteiger partial charge in [-0.2, -0.15) is 5.21 Å². The molecule has 1 saturated heterocycles. The fraction of sp³-hybridized carbons (Fsp3) is 0.846. The van der Waals surface area contributed by atoms with Gasteiger partial charge in [0.1, 0.15) is 0 Å². The van der Waals surface area contributed by atoms with Gasteiger partial charge in [0, 0.05) is 26.6 Å². The molecule has 0 aromatic carbocycles. The zero-order chi connectivity index (χ0) is 14.6. The van der Waals surface area contributed by atoms with Crippen LogP contribution < -0.4 is 0 Å². The Hall–Kier alpha value is -1.50. The molecule has 20 heavy (non-hydrogen) atoms. The molecule has 1 atom stereocenters. The molecule has 7 heteroatoms. The van der Waals surface area contributed by atoms with E-state index in [1.807, 2.05) is 18.7 Å². The molecule has 1 aliphatic heterocycles. The summed E-state index contributed by atoms with van der Waals surface area (Å²) in [6.07, 6.45) is 2.89. The number of amides is 1. The number of aromatic amines is 1. The molecule has 1 aromatic rings. The lowest BCUT2D eigenvalue weighted by Crippen LogP contribution is -2.48. The number of H-pyrrole nitrogens is 1. The fourth-order valence-corrected chi connectivity index (χ4v) is 2.79. The quantitative estimate of drug-likeness (QED) is 0.857. The average molecular weight is 281 g/mol. The maximum Gasteiger partial charge on any atom is 0.230 e. The van der Waals surface area contributed by atoms with Crippen LogP contribution in [0.3, 0.4) is 0 Å². The van der Waals surface area contributed by atoms with Gasteiger partial charge in [-0.05, 0) is 32.6 Å². The Morgan fingerprint density at radius 3 is 3.00 bits per heavy atom. The summed E-state index contributed by atoms with van der Waals surface area (Å²) >= 11 is 0. The highest BCUT2D eigenvalue weighted by Crippen LogP contribution is 2.25. The van der Waals surface area contributed by atoms with Crippen molar-refractivity contribution in [2.75, 3.05) is 26.8 Å². The van der Waals surface area contributed by atoms with Gasteiger partial charge >= 0.3 is 0 Å². The monoisotopic (exact) mass is 281 g/mol. The second-order valence-corrected chi connectivity index (χ2v) is 6.11. The molecule has 1 unspecified atom stereocenters. The maximum atomic E-state index is 12.6. The highest BCUT2D eigenvalue weighted by Gasteiger charge is 2.34. The van der Waals surface area contributed by atoms with Gasteiger partial charge in [0.25, 0.3) is 0 Å². The molecule has 7 nitrogen and oxygen atoms in total. The third-order valence-corrected chi connectivity index (χ3v) is 3.75. The Balaban J connectivity index is 1.94. The van der Waals surface area contributed by atoms with Crippen molar-refractivity contribution in [2.45, 2.75) is 33.1 Å². The van der Waals surface area contributed by atoms with Crippen LogP contribution >= 0.6 is 0 Å². The molecule has 112 valence electrons. The van der Waals surface area contributed by atoms with Gasteiger partial charge in [-0.25, -0.2) is 0 Å². The molecule has 0 radical (unpaired) electrons. The van der Waals surface area contributed by atoms with Crippen LogP contribution in [0.25, 0.3) is 0 Å². The van der Waals surface area contributed by atoms with Crippen LogP contribution in [-0.2, 0) is 16.0 Å². The molecule has 0 spiro atoms. The zero-order valence-electron chi connectivity index (χ0n) is 12.4. The highest BCUT2D eigenvalue weighted by atomic mass is 16.5. The molecule has 1 N–H and O–H groups in total. The maximum absolute atomic E-state index is 12.6. The first kappa shape index (κ1) is 14.9. The first-order valence-corrected chi connectivity index (χ1v) is 7.03. The SMILES string of the molecule is COCC(C)(C)C(=O)N1CCCC(Cc2nn[nH]n2)C1. The zero-order valence-corrected chi connectivity index (χ0v) is 12.4. The second kappa shape index (κ2) is 6.30. The molecule has 2 rings (SSSR count). The van der Waals surface area contributed by atoms with E-state index in [4.69, 9.17) is 4.74 Å². The molecule has 1 aliphatic rings. The van der Waals surface area contributed by atoms with E-state index in [0.717, 1.165) is 38.2 Å². The van der Waals surface area contributed by atoms with Crippen molar-refractivity contribution in [2.24, 2.45) is 11.3 Å². The number of hydrogen-bond acceptors (Lipinski definition) is 5. The van der Waals surface area contributed by atoms with Crippen LogP contribution in [-0.4, -0.2) is 58.2 Å². The molecule has 1 fully saturated rings. The topological polar surface area (TPSA) is 84.0 Å². The molecule has 1 aromatic heterocycles. The Morgan fingerprint density at radius 2 is 2.35 bits per heavy atom. The summed E-state index contributed by atoms with van der Waals surface area (Å²) < 4.78 is 5.15. The minimum Gasteiger partial charge on any atom is -0.384 e. The van der Waals surface area contributed by atoms with Crippen LogP contribution in [0.4, 0.5) is 0 Å². The lowest BCUT2D eigenvalue weighted by atomic mass is 9.89. The van der Waals surface area contributed by atoms with Crippen LogP contribution in [0.15, 0.2) is 0 Å². The summed E-state index contributed by atoms with van der Waals surface area (Å²) in [6.45, 7) is 5.90. The van der Waals surface area contributed by atoms with Crippen molar-refractivity contribution in [1.82, 2.24) is 25.5 Å². The van der Waals surface area contributed by atoms with Gasteiger partial charge in [0.05, 0.1) is 12.0 Å². The van der Waals surface area contributed by atoms with Gasteiger partial charge in [-0.1, -0.05) is 5.21 Å². The molecule has 0 saturated carbocycles. The summed E-state index contributed by atoms with van der Waals surface area (Å²) in [7, 11) is 1.63. The second-order valence-electron chi connectivity index (χ2n) is 6.11. The van der Waals surface area contributed by atoms with Crippen molar-refractivity contribution in [3.63, 3.8) is 0 Å². The van der Waals surface area contributed by atoms with E-state index >= 15 is 0 Å². The summed E-state index contributed by atoms with van der Waals surface area (Å²) in [6, 6.07) is 0. The van der Waals surface area contributed by atoms with Crippen LogP contribution in [0, 0.1) is 11.3 Å². The number of carbonyl (C=O) groups excluding carboxylic acids is 1. The lowest BCUT2D eigenvalue weighted by molar-refractivity contribution is -0.145. The highest BCUT2D eigenvalue weighted by molar-refractivity contribution is 5.82. The third-order valence-electron chi connectivity index (χ3n) is 3.75. The minimum atomic E-state index is -0.469.